The number of carbonyl (C=O) groups excluding carboxylic acids is 2. The summed E-state index contributed by atoms with van der Waals surface area (Å²) < 4.78 is 18.1. The van der Waals surface area contributed by atoms with Crippen molar-refractivity contribution in [2.45, 2.75) is 52.0 Å². The van der Waals surface area contributed by atoms with Crippen molar-refractivity contribution in [2.24, 2.45) is 5.92 Å². The second-order valence-electron chi connectivity index (χ2n) is 12.3. The third-order valence-electron chi connectivity index (χ3n) is 7.98. The van der Waals surface area contributed by atoms with E-state index < -0.39 is 39.1 Å². The average Bonchev–Trinajstić information content (AvgIpc) is 3.07. The first-order valence-corrected chi connectivity index (χ1v) is 17.4. The number of hydrazine groups is 1. The van der Waals surface area contributed by atoms with Gasteiger partial charge in [0.25, 0.3) is 8.32 Å². The van der Waals surface area contributed by atoms with Crippen LogP contribution in [-0.4, -0.2) is 49.9 Å². The summed E-state index contributed by atoms with van der Waals surface area (Å²) in [5.74, 6) is -0.426. The smallest absolute Gasteiger partial charge is 0.429 e. The van der Waals surface area contributed by atoms with Gasteiger partial charge in [0.15, 0.2) is 0 Å². The second kappa shape index (κ2) is 16.2. The summed E-state index contributed by atoms with van der Waals surface area (Å²) in [4.78, 5) is 26.5. The number of nitrogens with zero attached hydrogens (tertiary/aromatic N) is 1. The number of aliphatic hydroxyl groups is 1. The molecule has 0 bridgehead atoms. The first-order valence-electron chi connectivity index (χ1n) is 15.5. The Balaban J connectivity index is 1.59. The van der Waals surface area contributed by atoms with Gasteiger partial charge in [-0.15, -0.1) is 0 Å². The maximum absolute atomic E-state index is 13.5. The molecule has 0 aromatic heterocycles. The molecule has 46 heavy (non-hydrogen) atoms. The van der Waals surface area contributed by atoms with Crippen molar-refractivity contribution in [2.75, 3.05) is 13.2 Å². The Hall–Kier alpha value is -4.44. The number of hydrogen-bond donors (Lipinski definition) is 2. The molecule has 0 aliphatic heterocycles. The molecule has 0 saturated heterocycles. The van der Waals surface area contributed by atoms with E-state index in [0.29, 0.717) is 0 Å². The number of ether oxygens (including phenoxy) is 2. The van der Waals surface area contributed by atoms with Crippen LogP contribution in [0.1, 0.15) is 38.8 Å². The van der Waals surface area contributed by atoms with Crippen LogP contribution in [0.5, 0.6) is 0 Å². The van der Waals surface area contributed by atoms with E-state index in [4.69, 9.17) is 13.9 Å². The van der Waals surface area contributed by atoms with Gasteiger partial charge in [0, 0.05) is 12.5 Å². The highest BCUT2D eigenvalue weighted by Gasteiger charge is 2.50. The standard InChI is InChI=1S/C37H44N2O6Si/c1-29(26-45-46(37(2,3)4,32-21-13-7-14-22-32)33-23-15-8-16-24-33)34(25-40)39(36(42)44-28-31-19-11-6-12-20-31)38-35(41)43-27-30-17-9-5-10-18-30/h5-24,29,34,40H,25-28H2,1-4H3,(H,38,41)/t29?,34-/m0/s1. The molecule has 0 radical (unpaired) electrons. The molecule has 4 aromatic rings. The minimum absolute atomic E-state index is 0.00981. The molecule has 8 nitrogen and oxygen atoms in total. The van der Waals surface area contributed by atoms with Gasteiger partial charge in [0.1, 0.15) is 13.2 Å². The summed E-state index contributed by atoms with van der Waals surface area (Å²) in [5.41, 5.74) is 4.12. The summed E-state index contributed by atoms with van der Waals surface area (Å²) in [7, 11) is -2.90. The van der Waals surface area contributed by atoms with Crippen molar-refractivity contribution in [3.05, 3.63) is 132 Å². The summed E-state index contributed by atoms with van der Waals surface area (Å²) in [6.45, 7) is 8.18. The van der Waals surface area contributed by atoms with Gasteiger partial charge < -0.3 is 19.0 Å². The highest BCUT2D eigenvalue weighted by molar-refractivity contribution is 6.99. The molecule has 9 heteroatoms. The summed E-state index contributed by atoms with van der Waals surface area (Å²) >= 11 is 0. The molecule has 242 valence electrons. The molecular weight excluding hydrogens is 597 g/mol. The number of hydrogen-bond acceptors (Lipinski definition) is 6. The highest BCUT2D eigenvalue weighted by atomic mass is 28.4. The van der Waals surface area contributed by atoms with Gasteiger partial charge in [-0.25, -0.2) is 20.0 Å². The van der Waals surface area contributed by atoms with Crippen LogP contribution in [-0.2, 0) is 27.1 Å². The van der Waals surface area contributed by atoms with E-state index in [1.807, 2.05) is 104 Å². The van der Waals surface area contributed by atoms with Crippen LogP contribution in [0, 0.1) is 5.92 Å². The molecule has 1 unspecified atom stereocenters. The van der Waals surface area contributed by atoms with Crippen LogP contribution >= 0.6 is 0 Å². The molecule has 0 aliphatic rings. The Morgan fingerprint density at radius 1 is 0.739 bits per heavy atom. The van der Waals surface area contributed by atoms with Crippen molar-refractivity contribution in [1.29, 1.82) is 0 Å². The van der Waals surface area contributed by atoms with Gasteiger partial charge >= 0.3 is 12.2 Å². The topological polar surface area (TPSA) is 97.3 Å². The summed E-state index contributed by atoms with van der Waals surface area (Å²) in [6.07, 6.45) is -1.67. The van der Waals surface area contributed by atoms with Crippen molar-refractivity contribution >= 4 is 30.9 Å². The van der Waals surface area contributed by atoms with Gasteiger partial charge in [-0.05, 0) is 26.5 Å². The third kappa shape index (κ3) is 8.63. The summed E-state index contributed by atoms with van der Waals surface area (Å²) in [5, 5.41) is 13.6. The normalized spacial score (nSPS) is 12.9. The predicted molar refractivity (Wildman–Crippen MR) is 182 cm³/mol. The van der Waals surface area contributed by atoms with Crippen LogP contribution in [0.4, 0.5) is 9.59 Å². The summed E-state index contributed by atoms with van der Waals surface area (Å²) in [6, 6.07) is 38.1. The Bertz CT molecular complexity index is 1460. The zero-order valence-electron chi connectivity index (χ0n) is 27.0. The number of carbonyl (C=O) groups is 2. The Labute approximate surface area is 273 Å². The number of aliphatic hydroxyl groups excluding tert-OH is 1. The molecule has 2 atom stereocenters. The maximum atomic E-state index is 13.5. The Kier molecular flexibility index (Phi) is 12.1. The van der Waals surface area contributed by atoms with Crippen LogP contribution in [0.2, 0.25) is 5.04 Å². The van der Waals surface area contributed by atoms with E-state index in [-0.39, 0.29) is 24.9 Å². The minimum atomic E-state index is -2.90. The van der Waals surface area contributed by atoms with Crippen molar-refractivity contribution < 1.29 is 28.6 Å². The highest BCUT2D eigenvalue weighted by Crippen LogP contribution is 2.37. The first kappa shape index (κ1) is 34.4. The zero-order valence-corrected chi connectivity index (χ0v) is 28.0. The lowest BCUT2D eigenvalue weighted by Crippen LogP contribution is -2.67. The van der Waals surface area contributed by atoms with E-state index in [2.05, 4.69) is 50.5 Å². The fourth-order valence-electron chi connectivity index (χ4n) is 5.55. The largest absolute Gasteiger partial charge is 0.443 e. The van der Waals surface area contributed by atoms with Crippen molar-refractivity contribution in [1.82, 2.24) is 10.4 Å². The van der Waals surface area contributed by atoms with Gasteiger partial charge in [-0.1, -0.05) is 149 Å². The average molecular weight is 641 g/mol. The zero-order chi connectivity index (χ0) is 33.0. The molecule has 0 saturated carbocycles. The number of benzene rings is 4. The Morgan fingerprint density at radius 3 is 1.61 bits per heavy atom. The van der Waals surface area contributed by atoms with Crippen molar-refractivity contribution in [3.63, 3.8) is 0 Å². The quantitative estimate of drug-likeness (QED) is 0.145. The minimum Gasteiger partial charge on any atom is -0.443 e. The number of rotatable bonds is 12. The van der Waals surface area contributed by atoms with Gasteiger partial charge in [0.05, 0.1) is 12.6 Å². The monoisotopic (exact) mass is 640 g/mol. The van der Waals surface area contributed by atoms with Crippen LogP contribution in [0.3, 0.4) is 0 Å². The Morgan fingerprint density at radius 2 is 1.17 bits per heavy atom. The lowest BCUT2D eigenvalue weighted by Gasteiger charge is -2.44. The van der Waals surface area contributed by atoms with Crippen molar-refractivity contribution in [3.8, 4) is 0 Å². The molecule has 4 rings (SSSR count). The van der Waals surface area contributed by atoms with E-state index in [0.717, 1.165) is 26.5 Å². The molecular formula is C37H44N2O6Si. The molecule has 2 N–H and O–H groups in total. The molecule has 0 fully saturated rings. The molecule has 0 aliphatic carbocycles. The molecule has 0 heterocycles. The number of amides is 2. The molecule has 4 aromatic carbocycles. The predicted octanol–water partition coefficient (Wildman–Crippen LogP) is 6.04. The van der Waals surface area contributed by atoms with Gasteiger partial charge in [0.2, 0.25) is 0 Å². The lowest BCUT2D eigenvalue weighted by atomic mass is 10.0. The SMILES string of the molecule is CC(CO[Si](c1ccccc1)(c1ccccc1)C(C)(C)C)[C@H](CO)N(NC(=O)OCc1ccccc1)C(=O)OCc1ccccc1. The molecule has 0 spiro atoms. The maximum Gasteiger partial charge on any atom is 0.429 e. The van der Waals surface area contributed by atoms with E-state index in [9.17, 15) is 14.7 Å². The van der Waals surface area contributed by atoms with Crippen LogP contribution in [0.15, 0.2) is 121 Å². The van der Waals surface area contributed by atoms with Crippen LogP contribution < -0.4 is 15.8 Å². The molecule has 2 amide bonds. The van der Waals surface area contributed by atoms with Crippen LogP contribution in [0.25, 0.3) is 0 Å². The van der Waals surface area contributed by atoms with Gasteiger partial charge in [-0.3, -0.25) is 0 Å². The number of nitrogens with one attached hydrogen (secondary N) is 1. The fraction of sp³-hybridized carbons (Fsp3) is 0.297. The van der Waals surface area contributed by atoms with Gasteiger partial charge in [-0.2, -0.15) is 0 Å². The second-order valence-corrected chi connectivity index (χ2v) is 16.6. The van der Waals surface area contributed by atoms with E-state index in [1.165, 1.54) is 0 Å². The van der Waals surface area contributed by atoms with E-state index in [1.54, 1.807) is 0 Å². The lowest BCUT2D eigenvalue weighted by molar-refractivity contribution is 0.00975. The first-order chi connectivity index (χ1) is 22.2. The fourth-order valence-corrected chi connectivity index (χ4v) is 10.2. The van der Waals surface area contributed by atoms with E-state index >= 15 is 0 Å². The third-order valence-corrected chi connectivity index (χ3v) is 13.0.